The lowest BCUT2D eigenvalue weighted by molar-refractivity contribution is 0.0787. The third-order valence-electron chi connectivity index (χ3n) is 4.01. The fraction of sp³-hybridized carbons (Fsp3) is 0.400. The highest BCUT2D eigenvalue weighted by Crippen LogP contribution is 2.37. The zero-order valence-corrected chi connectivity index (χ0v) is 16.5. The molecule has 0 spiro atoms. The Morgan fingerprint density at radius 2 is 1.92 bits per heavy atom. The highest BCUT2D eigenvalue weighted by Gasteiger charge is 2.14. The second kappa shape index (κ2) is 8.47. The largest absolute Gasteiger partial charge is 0.497 e. The first kappa shape index (κ1) is 18.6. The van der Waals surface area contributed by atoms with Gasteiger partial charge in [-0.2, -0.15) is 0 Å². The Kier molecular flexibility index (Phi) is 6.06. The molecule has 0 amide bonds. The molecule has 0 saturated carbocycles. The van der Waals surface area contributed by atoms with Gasteiger partial charge in [0.05, 0.1) is 18.6 Å². The highest BCUT2D eigenvalue weighted by atomic mass is 32.1. The normalized spacial score (nSPS) is 11.3. The molecule has 0 aliphatic heterocycles. The maximum Gasteiger partial charge on any atom is 0.139 e. The minimum atomic E-state index is 0.265. The minimum absolute atomic E-state index is 0.265. The number of ether oxygens (including phenoxy) is 2. The van der Waals surface area contributed by atoms with Crippen LogP contribution >= 0.6 is 11.3 Å². The number of benzene rings is 1. The number of nitrogens with zero attached hydrogens (tertiary/aromatic N) is 2. The number of aryl methyl sites for hydroxylation is 1. The third kappa shape index (κ3) is 4.31. The Morgan fingerprint density at radius 3 is 2.62 bits per heavy atom. The molecule has 0 bridgehead atoms. The Hall–Kier alpha value is -2.18. The number of methoxy groups -OCH3 is 1. The van der Waals surface area contributed by atoms with Crippen LogP contribution in [0.1, 0.15) is 26.1 Å². The molecule has 1 N–H and O–H groups in total. The van der Waals surface area contributed by atoms with Gasteiger partial charge in [-0.25, -0.2) is 9.97 Å². The van der Waals surface area contributed by atoms with Crippen LogP contribution < -0.4 is 10.1 Å². The first-order valence-electron chi connectivity index (χ1n) is 8.84. The van der Waals surface area contributed by atoms with Crippen LogP contribution in [0, 0.1) is 6.92 Å². The summed E-state index contributed by atoms with van der Waals surface area (Å²) >= 11 is 1.65. The number of thiophene rings is 1. The van der Waals surface area contributed by atoms with E-state index in [-0.39, 0.29) is 6.10 Å². The number of aromatic nitrogens is 2. The standard InChI is InChI=1S/C20H25N3O2S/c1-13(2)25-11-5-10-21-19-18-17(12-26-20(18)23-14(3)22-19)15-6-8-16(24-4)9-7-15/h6-9,12-13H,5,10-11H2,1-4H3,(H,21,22,23). The average Bonchev–Trinajstić information content (AvgIpc) is 3.05. The molecule has 1 aromatic carbocycles. The van der Waals surface area contributed by atoms with Gasteiger partial charge in [0.1, 0.15) is 22.2 Å². The van der Waals surface area contributed by atoms with Crippen molar-refractivity contribution in [2.24, 2.45) is 0 Å². The van der Waals surface area contributed by atoms with Gasteiger partial charge in [0.25, 0.3) is 0 Å². The molecule has 0 unspecified atom stereocenters. The number of rotatable bonds is 8. The summed E-state index contributed by atoms with van der Waals surface area (Å²) in [5, 5.41) is 6.70. The van der Waals surface area contributed by atoms with E-state index in [0.29, 0.717) is 0 Å². The first-order chi connectivity index (χ1) is 12.6. The maximum atomic E-state index is 5.61. The van der Waals surface area contributed by atoms with Crippen molar-refractivity contribution in [1.82, 2.24) is 9.97 Å². The van der Waals surface area contributed by atoms with Crippen LogP contribution in [0.5, 0.6) is 5.75 Å². The fourth-order valence-electron chi connectivity index (χ4n) is 2.76. The van der Waals surface area contributed by atoms with Crippen LogP contribution in [-0.2, 0) is 4.74 Å². The summed E-state index contributed by atoms with van der Waals surface area (Å²) in [7, 11) is 1.68. The second-order valence-corrected chi connectivity index (χ2v) is 7.24. The number of hydrogen-bond acceptors (Lipinski definition) is 6. The lowest BCUT2D eigenvalue weighted by Crippen LogP contribution is -2.10. The molecule has 5 nitrogen and oxygen atoms in total. The van der Waals surface area contributed by atoms with Gasteiger partial charge < -0.3 is 14.8 Å². The van der Waals surface area contributed by atoms with Crippen LogP contribution in [0.2, 0.25) is 0 Å². The van der Waals surface area contributed by atoms with Gasteiger partial charge in [0.2, 0.25) is 0 Å². The summed E-state index contributed by atoms with van der Waals surface area (Å²) in [6, 6.07) is 8.09. The van der Waals surface area contributed by atoms with E-state index in [1.165, 1.54) is 0 Å². The van der Waals surface area contributed by atoms with E-state index in [1.807, 2.05) is 19.1 Å². The zero-order chi connectivity index (χ0) is 18.5. The van der Waals surface area contributed by atoms with Crippen molar-refractivity contribution >= 4 is 27.4 Å². The van der Waals surface area contributed by atoms with Crippen LogP contribution in [0.25, 0.3) is 21.3 Å². The number of hydrogen-bond donors (Lipinski definition) is 1. The molecule has 0 radical (unpaired) electrons. The van der Waals surface area contributed by atoms with Gasteiger partial charge in [-0.1, -0.05) is 12.1 Å². The molecule has 138 valence electrons. The summed E-state index contributed by atoms with van der Waals surface area (Å²) in [5.41, 5.74) is 2.28. The predicted octanol–water partition coefficient (Wildman–Crippen LogP) is 4.90. The summed E-state index contributed by atoms with van der Waals surface area (Å²) in [4.78, 5) is 10.3. The molecule has 3 aromatic rings. The van der Waals surface area contributed by atoms with Crippen molar-refractivity contribution in [1.29, 1.82) is 0 Å². The zero-order valence-electron chi connectivity index (χ0n) is 15.7. The molecule has 0 aliphatic rings. The van der Waals surface area contributed by atoms with Gasteiger partial charge in [-0.3, -0.25) is 0 Å². The highest BCUT2D eigenvalue weighted by molar-refractivity contribution is 7.17. The minimum Gasteiger partial charge on any atom is -0.497 e. The van der Waals surface area contributed by atoms with E-state index in [2.05, 4.69) is 46.6 Å². The fourth-order valence-corrected chi connectivity index (χ4v) is 3.75. The van der Waals surface area contributed by atoms with Gasteiger partial charge in [-0.05, 0) is 44.9 Å². The number of nitrogens with one attached hydrogen (secondary N) is 1. The van der Waals surface area contributed by atoms with Crippen LogP contribution in [0.4, 0.5) is 5.82 Å². The van der Waals surface area contributed by atoms with Gasteiger partial charge in [-0.15, -0.1) is 11.3 Å². The van der Waals surface area contributed by atoms with Crippen LogP contribution in [-0.4, -0.2) is 36.3 Å². The molecule has 2 aromatic heterocycles. The molecule has 0 saturated heterocycles. The Morgan fingerprint density at radius 1 is 1.15 bits per heavy atom. The Bertz CT molecular complexity index is 859. The van der Waals surface area contributed by atoms with Gasteiger partial charge in [0.15, 0.2) is 0 Å². The van der Waals surface area contributed by atoms with E-state index >= 15 is 0 Å². The van der Waals surface area contributed by atoms with Crippen LogP contribution in [0.3, 0.4) is 0 Å². The van der Waals surface area contributed by atoms with Crippen molar-refractivity contribution in [3.8, 4) is 16.9 Å². The van der Waals surface area contributed by atoms with Gasteiger partial charge in [0, 0.05) is 24.1 Å². The average molecular weight is 372 g/mol. The monoisotopic (exact) mass is 371 g/mol. The van der Waals surface area contributed by atoms with Crippen molar-refractivity contribution < 1.29 is 9.47 Å². The molecule has 26 heavy (non-hydrogen) atoms. The molecule has 0 atom stereocenters. The smallest absolute Gasteiger partial charge is 0.139 e. The second-order valence-electron chi connectivity index (χ2n) is 6.38. The molecular weight excluding hydrogens is 346 g/mol. The number of anilines is 1. The van der Waals surface area contributed by atoms with Crippen LogP contribution in [0.15, 0.2) is 29.6 Å². The lowest BCUT2D eigenvalue weighted by Gasteiger charge is -2.11. The van der Waals surface area contributed by atoms with Crippen molar-refractivity contribution in [3.63, 3.8) is 0 Å². The lowest BCUT2D eigenvalue weighted by atomic mass is 10.1. The summed E-state index contributed by atoms with van der Waals surface area (Å²) in [6.07, 6.45) is 1.20. The Balaban J connectivity index is 1.86. The summed E-state index contributed by atoms with van der Waals surface area (Å²) in [5.74, 6) is 2.52. The molecule has 0 fully saturated rings. The SMILES string of the molecule is COc1ccc(-c2csc3nc(C)nc(NCCCOC(C)C)c23)cc1. The summed E-state index contributed by atoms with van der Waals surface area (Å²) < 4.78 is 10.9. The van der Waals surface area contributed by atoms with Crippen molar-refractivity contribution in [2.45, 2.75) is 33.3 Å². The predicted molar refractivity (Wildman–Crippen MR) is 108 cm³/mol. The summed E-state index contributed by atoms with van der Waals surface area (Å²) in [6.45, 7) is 7.59. The molecule has 6 heteroatoms. The quantitative estimate of drug-likeness (QED) is 0.571. The molecular formula is C20H25N3O2S. The number of fused-ring (bicyclic) bond motifs is 1. The molecule has 0 aliphatic carbocycles. The van der Waals surface area contributed by atoms with Crippen molar-refractivity contribution in [3.05, 3.63) is 35.5 Å². The van der Waals surface area contributed by atoms with E-state index in [0.717, 1.165) is 58.3 Å². The van der Waals surface area contributed by atoms with E-state index in [1.54, 1.807) is 18.4 Å². The first-order valence-corrected chi connectivity index (χ1v) is 9.72. The molecule has 3 rings (SSSR count). The third-order valence-corrected chi connectivity index (χ3v) is 4.88. The maximum absolute atomic E-state index is 5.61. The Labute approximate surface area is 158 Å². The topological polar surface area (TPSA) is 56.3 Å². The van der Waals surface area contributed by atoms with E-state index < -0.39 is 0 Å². The van der Waals surface area contributed by atoms with Crippen molar-refractivity contribution in [2.75, 3.05) is 25.6 Å². The van der Waals surface area contributed by atoms with E-state index in [4.69, 9.17) is 9.47 Å². The molecule has 2 heterocycles. The van der Waals surface area contributed by atoms with Gasteiger partial charge >= 0.3 is 0 Å². The van der Waals surface area contributed by atoms with E-state index in [9.17, 15) is 0 Å².